The van der Waals surface area contributed by atoms with E-state index in [1.165, 1.54) is 11.1 Å². The van der Waals surface area contributed by atoms with Crippen LogP contribution in [0.15, 0.2) is 47.0 Å². The Hall–Kier alpha value is -3.18. The van der Waals surface area contributed by atoms with E-state index in [0.29, 0.717) is 37.9 Å². The topological polar surface area (TPSA) is 107 Å². The lowest BCUT2D eigenvalue weighted by Gasteiger charge is -2.32. The average Bonchev–Trinajstić information content (AvgIpc) is 3.52. The number of hydrazine groups is 1. The van der Waals surface area contributed by atoms with Gasteiger partial charge in [0.05, 0.1) is 13.1 Å². The lowest BCUT2D eigenvalue weighted by molar-refractivity contribution is -0.145. The number of anilines is 1. The summed E-state index contributed by atoms with van der Waals surface area (Å²) in [6.07, 6.45) is 0. The molecule has 212 valence electrons. The van der Waals surface area contributed by atoms with Crippen LogP contribution in [-0.4, -0.2) is 71.7 Å². The van der Waals surface area contributed by atoms with Crippen LogP contribution in [-0.2, 0) is 22.7 Å². The fourth-order valence-electron chi connectivity index (χ4n) is 4.38. The van der Waals surface area contributed by atoms with Gasteiger partial charge in [0.15, 0.2) is 0 Å². The number of nitrogens with zero attached hydrogens (tertiary/aromatic N) is 5. The van der Waals surface area contributed by atoms with E-state index in [1.54, 1.807) is 19.0 Å². The number of nitrogens with one attached hydrogen (secondary N) is 2. The molecule has 3 aromatic rings. The number of hydrogen-bond acceptors (Lipinski definition) is 8. The van der Waals surface area contributed by atoms with Gasteiger partial charge in [0.25, 0.3) is 5.91 Å². The number of amides is 2. The van der Waals surface area contributed by atoms with Crippen LogP contribution in [0.3, 0.4) is 0 Å². The first-order valence-corrected chi connectivity index (χ1v) is 12.6. The van der Waals surface area contributed by atoms with E-state index < -0.39 is 0 Å². The molecule has 0 fully saturated rings. The summed E-state index contributed by atoms with van der Waals surface area (Å²) < 4.78 is 5.15. The van der Waals surface area contributed by atoms with Gasteiger partial charge in [-0.05, 0) is 36.2 Å². The van der Waals surface area contributed by atoms with E-state index in [2.05, 4.69) is 32.9 Å². The van der Waals surface area contributed by atoms with E-state index >= 15 is 0 Å². The fraction of sp³-hybridized carbons (Fsp3) is 0.407. The number of likely N-dealkylation sites (N-methyl/N-ethyl adjacent to an activating group) is 2. The molecule has 0 bridgehead atoms. The maximum Gasteiger partial charge on any atom is 0.256 e. The molecule has 1 aliphatic heterocycles. The van der Waals surface area contributed by atoms with E-state index in [9.17, 15) is 9.59 Å². The first-order chi connectivity index (χ1) is 17.9. The van der Waals surface area contributed by atoms with Gasteiger partial charge in [0, 0.05) is 51.4 Å². The molecule has 1 aromatic heterocycles. The van der Waals surface area contributed by atoms with Crippen molar-refractivity contribution in [1.29, 1.82) is 0 Å². The monoisotopic (exact) mass is 577 g/mol. The zero-order chi connectivity index (χ0) is 26.4. The maximum atomic E-state index is 13.5. The summed E-state index contributed by atoms with van der Waals surface area (Å²) in [6, 6.07) is 14.0. The first-order valence-electron chi connectivity index (χ1n) is 12.6. The largest absolute Gasteiger partial charge is 0.353 e. The molecular weight excluding hydrogens is 541 g/mol. The smallest absolute Gasteiger partial charge is 0.256 e. The summed E-state index contributed by atoms with van der Waals surface area (Å²) >= 11 is 0. The van der Waals surface area contributed by atoms with Gasteiger partial charge < -0.3 is 20.1 Å². The van der Waals surface area contributed by atoms with E-state index in [0.717, 1.165) is 23.4 Å². The zero-order valence-electron chi connectivity index (χ0n) is 22.8. The molecular formula is C27H37Cl2N7O3. The molecule has 0 saturated heterocycles. The highest BCUT2D eigenvalue weighted by Crippen LogP contribution is 2.28. The Balaban J connectivity index is 0.00000267. The van der Waals surface area contributed by atoms with Crippen LogP contribution in [0, 0.1) is 13.8 Å². The molecule has 2 heterocycles. The average molecular weight is 579 g/mol. The maximum absolute atomic E-state index is 13.5. The third kappa shape index (κ3) is 8.15. The summed E-state index contributed by atoms with van der Waals surface area (Å²) in [5.41, 5.74) is 4.91. The third-order valence-corrected chi connectivity index (χ3v) is 6.48. The summed E-state index contributed by atoms with van der Waals surface area (Å²) in [6.45, 7) is 9.19. The molecule has 0 unspecified atom stereocenters. The van der Waals surface area contributed by atoms with E-state index in [1.807, 2.05) is 54.1 Å². The normalized spacial score (nSPS) is 12.2. The van der Waals surface area contributed by atoms with Crippen molar-refractivity contribution in [1.82, 2.24) is 30.8 Å². The van der Waals surface area contributed by atoms with Crippen LogP contribution in [0.2, 0.25) is 0 Å². The van der Waals surface area contributed by atoms with Crippen molar-refractivity contribution in [2.45, 2.75) is 33.9 Å². The third-order valence-electron chi connectivity index (χ3n) is 6.48. The van der Waals surface area contributed by atoms with Crippen molar-refractivity contribution in [3.8, 4) is 11.4 Å². The molecule has 0 saturated carbocycles. The molecule has 4 rings (SSSR count). The van der Waals surface area contributed by atoms with E-state index in [-0.39, 0.29) is 49.7 Å². The van der Waals surface area contributed by atoms with Gasteiger partial charge in [0.1, 0.15) is 0 Å². The van der Waals surface area contributed by atoms with Crippen LogP contribution in [0.5, 0.6) is 0 Å². The molecule has 12 heteroatoms. The number of carbonyl (C=O) groups is 2. The van der Waals surface area contributed by atoms with E-state index in [4.69, 9.17) is 4.52 Å². The first kappa shape index (κ1) is 32.0. The number of hydrogen-bond donors (Lipinski definition) is 2. The van der Waals surface area contributed by atoms with Crippen LogP contribution in [0.25, 0.3) is 11.4 Å². The van der Waals surface area contributed by atoms with Gasteiger partial charge in [-0.15, -0.1) is 24.8 Å². The highest BCUT2D eigenvalue weighted by atomic mass is 35.5. The number of halogens is 2. The zero-order valence-corrected chi connectivity index (χ0v) is 24.4. The quantitative estimate of drug-likeness (QED) is 0.335. The van der Waals surface area contributed by atoms with Crippen molar-refractivity contribution in [2.24, 2.45) is 0 Å². The molecule has 39 heavy (non-hydrogen) atoms. The lowest BCUT2D eigenvalue weighted by atomic mass is 10.1. The second-order valence-electron chi connectivity index (χ2n) is 9.21. The Bertz CT molecular complexity index is 1230. The summed E-state index contributed by atoms with van der Waals surface area (Å²) in [7, 11) is 1.79. The molecule has 0 aliphatic carbocycles. The van der Waals surface area contributed by atoms with Crippen LogP contribution < -0.4 is 15.5 Å². The lowest BCUT2D eigenvalue weighted by Crippen LogP contribution is -2.48. The predicted molar refractivity (Wildman–Crippen MR) is 156 cm³/mol. The Morgan fingerprint density at radius 3 is 2.33 bits per heavy atom. The summed E-state index contributed by atoms with van der Waals surface area (Å²) in [5.74, 6) is 0.681. The number of aromatic nitrogens is 2. The number of carbonyl (C=O) groups excluding carboxylic acids is 2. The minimum absolute atomic E-state index is 0. The van der Waals surface area contributed by atoms with Gasteiger partial charge in [-0.25, -0.2) is 5.01 Å². The number of aryl methyl sites for hydroxylation is 2. The van der Waals surface area contributed by atoms with Crippen LogP contribution in [0.4, 0.5) is 5.69 Å². The second-order valence-corrected chi connectivity index (χ2v) is 9.21. The summed E-state index contributed by atoms with van der Waals surface area (Å²) in [4.78, 5) is 32.5. The van der Waals surface area contributed by atoms with Crippen molar-refractivity contribution in [3.63, 3.8) is 0 Å². The van der Waals surface area contributed by atoms with Crippen molar-refractivity contribution in [2.75, 3.05) is 44.7 Å². The minimum Gasteiger partial charge on any atom is -0.353 e. The molecule has 0 spiro atoms. The van der Waals surface area contributed by atoms with Gasteiger partial charge in [-0.1, -0.05) is 48.5 Å². The molecule has 2 amide bonds. The molecule has 2 N–H and O–H groups in total. The van der Waals surface area contributed by atoms with Crippen molar-refractivity contribution >= 4 is 42.3 Å². The highest BCUT2D eigenvalue weighted by molar-refractivity contribution is 5.87. The standard InChI is InChI=1S/C27H35N7O3.2ClH/c1-5-28-12-13-29-25(35)17-33(24-14-21(11-10-19(24)2)27-30-20(3)37-31-27)18-26(36)32(4)34-15-22-8-6-7-9-23(22)16-34;;/h6-11,14,28H,5,12-13,15-18H2,1-4H3,(H,29,35);2*1H. The Labute approximate surface area is 241 Å². The summed E-state index contributed by atoms with van der Waals surface area (Å²) in [5, 5.41) is 13.8. The number of fused-ring (bicyclic) bond motifs is 1. The molecule has 2 aromatic carbocycles. The van der Waals surface area contributed by atoms with Crippen LogP contribution in [0.1, 0.15) is 29.5 Å². The van der Waals surface area contributed by atoms with Gasteiger partial charge >= 0.3 is 0 Å². The van der Waals surface area contributed by atoms with Gasteiger partial charge in [0.2, 0.25) is 17.6 Å². The van der Waals surface area contributed by atoms with Crippen molar-refractivity contribution < 1.29 is 14.1 Å². The van der Waals surface area contributed by atoms with Crippen molar-refractivity contribution in [3.05, 3.63) is 65.0 Å². The number of rotatable bonds is 11. The Morgan fingerprint density at radius 2 is 1.72 bits per heavy atom. The van der Waals surface area contributed by atoms with Gasteiger partial charge in [-0.2, -0.15) is 4.98 Å². The van der Waals surface area contributed by atoms with Gasteiger partial charge in [-0.3, -0.25) is 14.6 Å². The molecule has 1 aliphatic rings. The highest BCUT2D eigenvalue weighted by Gasteiger charge is 2.27. The molecule has 0 radical (unpaired) electrons. The molecule has 10 nitrogen and oxygen atoms in total. The fourth-order valence-corrected chi connectivity index (χ4v) is 4.38. The molecule has 0 atom stereocenters. The Morgan fingerprint density at radius 1 is 1.03 bits per heavy atom. The Kier molecular flexibility index (Phi) is 12.2. The minimum atomic E-state index is -0.151. The SMILES string of the molecule is CCNCCNC(=O)CN(CC(=O)N(C)N1Cc2ccccc2C1)c1cc(-c2noc(C)n2)ccc1C.Cl.Cl. The second kappa shape index (κ2) is 14.8. The van der Waals surface area contributed by atoms with Crippen LogP contribution >= 0.6 is 24.8 Å². The predicted octanol–water partition coefficient (Wildman–Crippen LogP) is 3.12. The number of benzene rings is 2.